The van der Waals surface area contributed by atoms with E-state index in [1.165, 1.54) is 0 Å². The van der Waals surface area contributed by atoms with Crippen LogP contribution in [0.1, 0.15) is 24.0 Å². The molecule has 2 rings (SSSR count). The molecule has 0 aliphatic heterocycles. The molecule has 3 N–H and O–H groups in total. The highest BCUT2D eigenvalue weighted by Crippen LogP contribution is 2.32. The lowest BCUT2D eigenvalue weighted by atomic mass is 10.1. The van der Waals surface area contributed by atoms with Crippen LogP contribution in [0.25, 0.3) is 0 Å². The van der Waals surface area contributed by atoms with Gasteiger partial charge >= 0.3 is 12.0 Å². The molecule has 0 radical (unpaired) electrons. The lowest BCUT2D eigenvalue weighted by molar-refractivity contribution is -0.139. The molecular formula is C14H18N2O3. The first-order valence-electron chi connectivity index (χ1n) is 6.35. The van der Waals surface area contributed by atoms with Gasteiger partial charge in [-0.25, -0.2) is 9.59 Å². The number of anilines is 1. The van der Waals surface area contributed by atoms with E-state index in [9.17, 15) is 9.59 Å². The zero-order valence-corrected chi connectivity index (χ0v) is 11.1. The summed E-state index contributed by atoms with van der Waals surface area (Å²) in [4.78, 5) is 22.9. The van der Waals surface area contributed by atoms with Crippen LogP contribution in [0.4, 0.5) is 10.5 Å². The van der Waals surface area contributed by atoms with E-state index in [1.54, 1.807) is 6.07 Å². The summed E-state index contributed by atoms with van der Waals surface area (Å²) in [5, 5.41) is 14.3. The van der Waals surface area contributed by atoms with E-state index in [2.05, 4.69) is 10.6 Å². The highest BCUT2D eigenvalue weighted by atomic mass is 16.4. The third kappa shape index (κ3) is 3.24. The number of rotatable bonds is 4. The molecule has 0 spiro atoms. The Kier molecular flexibility index (Phi) is 3.74. The molecule has 1 aliphatic rings. The van der Waals surface area contributed by atoms with Crippen LogP contribution in [0.2, 0.25) is 0 Å². The Morgan fingerprint density at radius 1 is 1.32 bits per heavy atom. The fourth-order valence-electron chi connectivity index (χ4n) is 2.00. The molecule has 1 aromatic rings. The van der Waals surface area contributed by atoms with Gasteiger partial charge in [-0.15, -0.1) is 0 Å². The first kappa shape index (κ1) is 13.4. The number of hydrogen-bond acceptors (Lipinski definition) is 2. The van der Waals surface area contributed by atoms with E-state index in [1.807, 2.05) is 26.0 Å². The fourth-order valence-corrected chi connectivity index (χ4v) is 2.00. The number of carboxylic acid groups (broad SMARTS) is 1. The second kappa shape index (κ2) is 5.30. The molecule has 102 valence electrons. The summed E-state index contributed by atoms with van der Waals surface area (Å²) in [5.74, 6) is -0.902. The van der Waals surface area contributed by atoms with E-state index < -0.39 is 18.0 Å². The molecule has 0 heterocycles. The van der Waals surface area contributed by atoms with E-state index in [4.69, 9.17) is 5.11 Å². The van der Waals surface area contributed by atoms with Gasteiger partial charge < -0.3 is 15.7 Å². The Morgan fingerprint density at radius 2 is 2.00 bits per heavy atom. The normalized spacial score (nSPS) is 15.7. The van der Waals surface area contributed by atoms with Gasteiger partial charge in [0.05, 0.1) is 0 Å². The number of carbonyl (C=O) groups excluding carboxylic acids is 1. The second-order valence-electron chi connectivity index (χ2n) is 5.00. The number of carboxylic acids is 1. The van der Waals surface area contributed by atoms with Crippen molar-refractivity contribution in [1.82, 2.24) is 5.32 Å². The molecule has 1 unspecified atom stereocenters. The fraction of sp³-hybridized carbons (Fsp3) is 0.429. The molecule has 2 amide bonds. The smallest absolute Gasteiger partial charge is 0.326 e. The molecule has 1 saturated carbocycles. The number of benzene rings is 1. The van der Waals surface area contributed by atoms with Gasteiger partial charge in [-0.05, 0) is 49.8 Å². The molecule has 1 aromatic carbocycles. The topological polar surface area (TPSA) is 78.4 Å². The molecule has 0 saturated heterocycles. The third-order valence-corrected chi connectivity index (χ3v) is 3.50. The van der Waals surface area contributed by atoms with Crippen molar-refractivity contribution in [2.75, 3.05) is 5.32 Å². The zero-order chi connectivity index (χ0) is 14.0. The highest BCUT2D eigenvalue weighted by molar-refractivity contribution is 5.93. The standard InChI is InChI=1S/C14H18N2O3/c1-8-4-3-5-11(9(8)2)15-14(19)16-12(13(17)18)10-6-7-10/h3-5,10,12H,6-7H2,1-2H3,(H,17,18)(H2,15,16,19). The largest absolute Gasteiger partial charge is 0.480 e. The van der Waals surface area contributed by atoms with E-state index in [-0.39, 0.29) is 5.92 Å². The lowest BCUT2D eigenvalue weighted by Crippen LogP contribution is -2.44. The Hall–Kier alpha value is -2.04. The van der Waals surface area contributed by atoms with Crippen molar-refractivity contribution >= 4 is 17.7 Å². The van der Waals surface area contributed by atoms with Gasteiger partial charge in [-0.3, -0.25) is 0 Å². The van der Waals surface area contributed by atoms with Crippen molar-refractivity contribution in [1.29, 1.82) is 0 Å². The minimum absolute atomic E-state index is 0.0712. The van der Waals surface area contributed by atoms with Crippen molar-refractivity contribution in [3.63, 3.8) is 0 Å². The summed E-state index contributed by atoms with van der Waals surface area (Å²) in [6, 6.07) is 4.36. The average Bonchev–Trinajstić information content (AvgIpc) is 3.16. The Bertz CT molecular complexity index is 509. The maximum Gasteiger partial charge on any atom is 0.326 e. The molecule has 1 fully saturated rings. The van der Waals surface area contributed by atoms with Crippen LogP contribution in [-0.2, 0) is 4.79 Å². The average molecular weight is 262 g/mol. The van der Waals surface area contributed by atoms with Gasteiger partial charge in [0.1, 0.15) is 6.04 Å². The number of aryl methyl sites for hydroxylation is 1. The van der Waals surface area contributed by atoms with Crippen molar-refractivity contribution in [2.45, 2.75) is 32.7 Å². The van der Waals surface area contributed by atoms with Crippen LogP contribution in [0.15, 0.2) is 18.2 Å². The molecule has 5 heteroatoms. The first-order valence-corrected chi connectivity index (χ1v) is 6.35. The van der Waals surface area contributed by atoms with Gasteiger partial charge in [0, 0.05) is 5.69 Å². The molecule has 5 nitrogen and oxygen atoms in total. The minimum Gasteiger partial charge on any atom is -0.480 e. The van der Waals surface area contributed by atoms with Gasteiger partial charge in [0.15, 0.2) is 0 Å². The maximum absolute atomic E-state index is 11.8. The highest BCUT2D eigenvalue weighted by Gasteiger charge is 2.37. The van der Waals surface area contributed by atoms with Crippen LogP contribution < -0.4 is 10.6 Å². The lowest BCUT2D eigenvalue weighted by Gasteiger charge is -2.15. The summed E-state index contributed by atoms with van der Waals surface area (Å²) in [6.45, 7) is 3.88. The molecular weight excluding hydrogens is 244 g/mol. The van der Waals surface area contributed by atoms with Crippen LogP contribution in [-0.4, -0.2) is 23.1 Å². The molecule has 0 aromatic heterocycles. The number of nitrogens with one attached hydrogen (secondary N) is 2. The number of hydrogen-bond donors (Lipinski definition) is 3. The van der Waals surface area contributed by atoms with Gasteiger partial charge in [-0.2, -0.15) is 0 Å². The van der Waals surface area contributed by atoms with E-state index >= 15 is 0 Å². The van der Waals surface area contributed by atoms with Crippen LogP contribution in [0.3, 0.4) is 0 Å². The predicted octanol–water partition coefficient (Wildman–Crippen LogP) is 2.29. The SMILES string of the molecule is Cc1cccc(NC(=O)NC(C(=O)O)C2CC2)c1C. The summed E-state index contributed by atoms with van der Waals surface area (Å²) >= 11 is 0. The molecule has 19 heavy (non-hydrogen) atoms. The summed E-state index contributed by atoms with van der Waals surface area (Å²) in [7, 11) is 0. The number of amides is 2. The second-order valence-corrected chi connectivity index (χ2v) is 5.00. The van der Waals surface area contributed by atoms with Crippen LogP contribution >= 0.6 is 0 Å². The van der Waals surface area contributed by atoms with E-state index in [0.717, 1.165) is 24.0 Å². The van der Waals surface area contributed by atoms with E-state index in [0.29, 0.717) is 5.69 Å². The molecule has 1 aliphatic carbocycles. The van der Waals surface area contributed by atoms with Gasteiger partial charge in [0.2, 0.25) is 0 Å². The summed E-state index contributed by atoms with van der Waals surface area (Å²) in [6.07, 6.45) is 1.72. The Labute approximate surface area is 112 Å². The van der Waals surface area contributed by atoms with Crippen LogP contribution in [0.5, 0.6) is 0 Å². The minimum atomic E-state index is -0.974. The quantitative estimate of drug-likeness (QED) is 0.779. The predicted molar refractivity (Wildman–Crippen MR) is 72.2 cm³/mol. The van der Waals surface area contributed by atoms with Gasteiger partial charge in [0.25, 0.3) is 0 Å². The summed E-state index contributed by atoms with van der Waals surface area (Å²) < 4.78 is 0. The maximum atomic E-state index is 11.8. The monoisotopic (exact) mass is 262 g/mol. The molecule has 0 bridgehead atoms. The van der Waals surface area contributed by atoms with Crippen LogP contribution in [0, 0.1) is 19.8 Å². The summed E-state index contributed by atoms with van der Waals surface area (Å²) in [5.41, 5.74) is 2.77. The van der Waals surface area contributed by atoms with Crippen molar-refractivity contribution < 1.29 is 14.7 Å². The Balaban J connectivity index is 2.00. The van der Waals surface area contributed by atoms with Crippen molar-refractivity contribution in [2.24, 2.45) is 5.92 Å². The first-order chi connectivity index (χ1) is 8.99. The van der Waals surface area contributed by atoms with Gasteiger partial charge in [-0.1, -0.05) is 12.1 Å². The molecule has 1 atom stereocenters. The number of aliphatic carboxylic acids is 1. The number of urea groups is 1. The zero-order valence-electron chi connectivity index (χ0n) is 11.1. The third-order valence-electron chi connectivity index (χ3n) is 3.50. The number of carbonyl (C=O) groups is 2. The van der Waals surface area contributed by atoms with Crippen molar-refractivity contribution in [3.8, 4) is 0 Å². The Morgan fingerprint density at radius 3 is 2.58 bits per heavy atom. The van der Waals surface area contributed by atoms with Crippen molar-refractivity contribution in [3.05, 3.63) is 29.3 Å².